The minimum Gasteiger partial charge on any atom is -0.334 e. The molecule has 1 spiro atoms. The Morgan fingerprint density at radius 2 is 2.14 bits per heavy atom. The summed E-state index contributed by atoms with van der Waals surface area (Å²) in [6, 6.07) is 3.78. The molecule has 0 aromatic heterocycles. The molecule has 2 nitrogen and oxygen atoms in total. The van der Waals surface area contributed by atoms with Gasteiger partial charge in [0, 0.05) is 10.8 Å². The van der Waals surface area contributed by atoms with Gasteiger partial charge >= 0.3 is 0 Å². The molecule has 1 N–H and O–H groups in total. The van der Waals surface area contributed by atoms with Crippen LogP contribution in [0.2, 0.25) is 10.0 Å². The lowest BCUT2D eigenvalue weighted by atomic mass is 9.78. The first-order valence-corrected chi connectivity index (χ1v) is 9.17. The van der Waals surface area contributed by atoms with Crippen molar-refractivity contribution in [1.29, 1.82) is 0 Å². The zero-order valence-corrected chi connectivity index (χ0v) is 14.7. The lowest BCUT2D eigenvalue weighted by molar-refractivity contribution is 0.266. The summed E-state index contributed by atoms with van der Waals surface area (Å²) in [7, 11) is 0. The van der Waals surface area contributed by atoms with Gasteiger partial charge in [0.2, 0.25) is 0 Å². The molecule has 1 aromatic carbocycles. The van der Waals surface area contributed by atoms with Crippen LogP contribution >= 0.6 is 35.0 Å². The maximum absolute atomic E-state index is 6.29. The van der Waals surface area contributed by atoms with Gasteiger partial charge in [-0.25, -0.2) is 0 Å². The molecular weight excluding hydrogens is 323 g/mol. The van der Waals surface area contributed by atoms with Gasteiger partial charge in [-0.05, 0) is 43.4 Å². The molecule has 1 aromatic rings. The number of rotatable bonds is 1. The number of aryl methyl sites for hydroxylation is 1. The van der Waals surface area contributed by atoms with Crippen LogP contribution in [-0.4, -0.2) is 16.5 Å². The first kappa shape index (κ1) is 15.5. The van der Waals surface area contributed by atoms with E-state index in [1.54, 1.807) is 11.8 Å². The maximum atomic E-state index is 6.29. The smallest absolute Gasteiger partial charge is 0.161 e. The van der Waals surface area contributed by atoms with E-state index in [9.17, 15) is 0 Å². The third kappa shape index (κ3) is 3.35. The van der Waals surface area contributed by atoms with E-state index in [0.717, 1.165) is 33.1 Å². The first-order valence-electron chi connectivity index (χ1n) is 7.43. The van der Waals surface area contributed by atoms with Crippen molar-refractivity contribution in [3.05, 3.63) is 27.7 Å². The minimum atomic E-state index is 0.144. The lowest BCUT2D eigenvalue weighted by Gasteiger charge is -2.33. The van der Waals surface area contributed by atoms with Crippen LogP contribution in [0.4, 0.5) is 5.69 Å². The Hall–Kier alpha value is -0.380. The molecule has 1 heterocycles. The Morgan fingerprint density at radius 3 is 2.90 bits per heavy atom. The summed E-state index contributed by atoms with van der Waals surface area (Å²) >= 11 is 14.3. The molecule has 1 fully saturated rings. The standard InChI is InChI=1S/C16H20Cl2N2S/c1-10-4-3-5-16(8-10)9-21-15(20-16)19-14-7-12(17)11(2)6-13(14)18/h6-7,10H,3-5,8-9H2,1-2H3,(H,19,20). The Kier molecular flexibility index (Phi) is 4.45. The molecule has 5 heteroatoms. The van der Waals surface area contributed by atoms with Gasteiger partial charge in [-0.3, -0.25) is 4.99 Å². The Morgan fingerprint density at radius 1 is 1.33 bits per heavy atom. The number of nitrogens with one attached hydrogen (secondary N) is 1. The Bertz CT molecular complexity index is 588. The number of halogens is 2. The van der Waals surface area contributed by atoms with Gasteiger partial charge in [0.1, 0.15) is 0 Å². The molecule has 0 amide bonds. The van der Waals surface area contributed by atoms with E-state index < -0.39 is 0 Å². The van der Waals surface area contributed by atoms with Crippen LogP contribution in [0.5, 0.6) is 0 Å². The van der Waals surface area contributed by atoms with Crippen molar-refractivity contribution in [1.82, 2.24) is 0 Å². The second kappa shape index (κ2) is 6.02. The summed E-state index contributed by atoms with van der Waals surface area (Å²) in [5.74, 6) is 1.86. The normalized spacial score (nSPS) is 28.8. The summed E-state index contributed by atoms with van der Waals surface area (Å²) in [5.41, 5.74) is 1.98. The van der Waals surface area contributed by atoms with Crippen LogP contribution in [0.25, 0.3) is 0 Å². The van der Waals surface area contributed by atoms with Crippen LogP contribution in [-0.2, 0) is 0 Å². The minimum absolute atomic E-state index is 0.144. The number of anilines is 1. The van der Waals surface area contributed by atoms with Crippen molar-refractivity contribution in [2.45, 2.75) is 45.1 Å². The van der Waals surface area contributed by atoms with Crippen molar-refractivity contribution in [2.75, 3.05) is 11.1 Å². The number of aliphatic imine (C=N–C) groups is 1. The summed E-state index contributed by atoms with van der Waals surface area (Å²) in [6.45, 7) is 4.29. The number of hydrogen-bond acceptors (Lipinski definition) is 3. The fraction of sp³-hybridized carbons (Fsp3) is 0.562. The Labute approximate surface area is 140 Å². The number of amidine groups is 1. The highest BCUT2D eigenvalue weighted by Crippen LogP contribution is 2.42. The zero-order chi connectivity index (χ0) is 15.0. The van der Waals surface area contributed by atoms with Crippen molar-refractivity contribution >= 4 is 45.8 Å². The Balaban J connectivity index is 1.78. The fourth-order valence-corrected chi connectivity index (χ4v) is 4.87. The average Bonchev–Trinajstić information content (AvgIpc) is 2.78. The largest absolute Gasteiger partial charge is 0.334 e. The van der Waals surface area contributed by atoms with Crippen LogP contribution < -0.4 is 5.32 Å². The topological polar surface area (TPSA) is 24.4 Å². The van der Waals surface area contributed by atoms with Crippen molar-refractivity contribution < 1.29 is 0 Å². The monoisotopic (exact) mass is 342 g/mol. The second-order valence-corrected chi connectivity index (χ2v) is 8.12. The zero-order valence-electron chi connectivity index (χ0n) is 12.4. The summed E-state index contributed by atoms with van der Waals surface area (Å²) in [5, 5.41) is 5.76. The molecule has 2 aliphatic rings. The lowest BCUT2D eigenvalue weighted by Crippen LogP contribution is -2.33. The number of hydrogen-bond donors (Lipinski definition) is 1. The molecule has 21 heavy (non-hydrogen) atoms. The molecule has 2 atom stereocenters. The van der Waals surface area contributed by atoms with Crippen LogP contribution in [0, 0.1) is 12.8 Å². The van der Waals surface area contributed by atoms with Crippen LogP contribution in [0.1, 0.15) is 38.2 Å². The van der Waals surface area contributed by atoms with Crippen molar-refractivity contribution in [3.63, 3.8) is 0 Å². The van der Waals surface area contributed by atoms with Crippen molar-refractivity contribution in [3.8, 4) is 0 Å². The van der Waals surface area contributed by atoms with Gasteiger partial charge < -0.3 is 5.32 Å². The van der Waals surface area contributed by atoms with E-state index in [1.165, 1.54) is 25.7 Å². The van der Waals surface area contributed by atoms with Gasteiger partial charge in [0.25, 0.3) is 0 Å². The van der Waals surface area contributed by atoms with Gasteiger partial charge in [-0.2, -0.15) is 0 Å². The van der Waals surface area contributed by atoms with Gasteiger partial charge in [0.15, 0.2) is 5.17 Å². The van der Waals surface area contributed by atoms with Gasteiger partial charge in [-0.1, -0.05) is 54.7 Å². The first-order chi connectivity index (χ1) is 9.97. The highest BCUT2D eigenvalue weighted by atomic mass is 35.5. The molecule has 2 unspecified atom stereocenters. The van der Waals surface area contributed by atoms with Crippen molar-refractivity contribution in [2.24, 2.45) is 10.9 Å². The highest BCUT2D eigenvalue weighted by Gasteiger charge is 2.39. The predicted molar refractivity (Wildman–Crippen MR) is 95.1 cm³/mol. The van der Waals surface area contributed by atoms with E-state index >= 15 is 0 Å². The molecule has 1 aliphatic carbocycles. The third-order valence-electron chi connectivity index (χ3n) is 4.37. The van der Waals surface area contributed by atoms with E-state index in [0.29, 0.717) is 5.02 Å². The predicted octanol–water partition coefficient (Wildman–Crippen LogP) is 5.77. The number of benzene rings is 1. The van der Waals surface area contributed by atoms with E-state index in [1.807, 2.05) is 19.1 Å². The molecule has 1 aliphatic heterocycles. The summed E-state index contributed by atoms with van der Waals surface area (Å²) in [4.78, 5) is 4.98. The SMILES string of the molecule is Cc1cc(Cl)c(NC2=NC3(CCCC(C)C3)CS2)cc1Cl. The number of nitrogens with zero attached hydrogens (tertiary/aromatic N) is 1. The molecular formula is C16H20Cl2N2S. The summed E-state index contributed by atoms with van der Waals surface area (Å²) < 4.78 is 0. The van der Waals surface area contributed by atoms with Crippen LogP contribution in [0.15, 0.2) is 17.1 Å². The second-order valence-electron chi connectivity index (χ2n) is 6.34. The quantitative estimate of drug-likeness (QED) is 0.700. The van der Waals surface area contributed by atoms with Gasteiger partial charge in [0.05, 0.1) is 16.2 Å². The van der Waals surface area contributed by atoms with E-state index in [4.69, 9.17) is 28.2 Å². The van der Waals surface area contributed by atoms with E-state index in [-0.39, 0.29) is 5.54 Å². The highest BCUT2D eigenvalue weighted by molar-refractivity contribution is 8.14. The van der Waals surface area contributed by atoms with Gasteiger partial charge in [-0.15, -0.1) is 0 Å². The average molecular weight is 343 g/mol. The fourth-order valence-electron chi connectivity index (χ4n) is 3.27. The molecule has 0 radical (unpaired) electrons. The molecule has 1 saturated carbocycles. The maximum Gasteiger partial charge on any atom is 0.161 e. The van der Waals surface area contributed by atoms with E-state index in [2.05, 4.69) is 12.2 Å². The molecule has 0 saturated heterocycles. The number of thioether (sulfide) groups is 1. The van der Waals surface area contributed by atoms with Crippen LogP contribution in [0.3, 0.4) is 0 Å². The molecule has 0 bridgehead atoms. The third-order valence-corrected chi connectivity index (χ3v) is 6.24. The molecule has 114 valence electrons. The summed E-state index contributed by atoms with van der Waals surface area (Å²) in [6.07, 6.45) is 5.03. The molecule has 3 rings (SSSR count).